The van der Waals surface area contributed by atoms with Gasteiger partial charge in [0.1, 0.15) is 0 Å². The van der Waals surface area contributed by atoms with E-state index in [1.54, 1.807) is 0 Å². The molecule has 3 nitrogen and oxygen atoms in total. The molecule has 0 aliphatic carbocycles. The van der Waals surface area contributed by atoms with Crippen LogP contribution in [0.25, 0.3) is 0 Å². The van der Waals surface area contributed by atoms with Crippen LogP contribution in [0.2, 0.25) is 67.7 Å². The molecule has 0 aromatic rings. The number of hydrogen-bond acceptors (Lipinski definition) is 3. The van der Waals surface area contributed by atoms with E-state index in [1.165, 1.54) is 57.4 Å². The van der Waals surface area contributed by atoms with Gasteiger partial charge in [-0.1, -0.05) is 0 Å². The van der Waals surface area contributed by atoms with Gasteiger partial charge in [0.05, 0.1) is 0 Å². The second kappa shape index (κ2) is 19.6. The standard InChI is InChI=1S/C28H59O3Si3.3C4H9.Sn/c1-19-22(2)20-24(30-33(15,16)27(7,8)9)25(31-34(17,18)28(10,11)12)21-23(3)29-32(13,14)26(4,5)6;3*1-3-4-2;/h1,19-20,23-25H,21H2,2-18H3;3*1,3-4H2,2H3;/t23-,24-,25-;;;;/m1..../s1. The van der Waals surface area contributed by atoms with Gasteiger partial charge in [-0.05, 0) is 0 Å². The van der Waals surface area contributed by atoms with Gasteiger partial charge in [0, 0.05) is 0 Å². The van der Waals surface area contributed by atoms with E-state index in [2.05, 4.69) is 152 Å². The van der Waals surface area contributed by atoms with Crippen molar-refractivity contribution in [2.75, 3.05) is 0 Å². The van der Waals surface area contributed by atoms with E-state index in [9.17, 15) is 0 Å². The molecule has 0 radical (unpaired) electrons. The van der Waals surface area contributed by atoms with Crippen LogP contribution in [0.15, 0.2) is 21.8 Å². The summed E-state index contributed by atoms with van der Waals surface area (Å²) in [6.07, 6.45) is 13.9. The predicted octanol–water partition coefficient (Wildman–Crippen LogP) is 14.5. The SMILES string of the molecule is CCC[CH2][Sn]([CH]=CC(C)=C[C@@H](O[Si](C)(C)C(C)(C)C)[C@@H](C[C@@H](C)O[Si](C)(C)C(C)(C)C)O[Si](C)(C)C(C)(C)C)([CH2]CCC)[CH2]CCC. The molecule has 0 heterocycles. The third kappa shape index (κ3) is 16.4. The van der Waals surface area contributed by atoms with Crippen molar-refractivity contribution in [3.63, 3.8) is 0 Å². The molecule has 0 aromatic heterocycles. The van der Waals surface area contributed by atoms with Crippen molar-refractivity contribution in [3.05, 3.63) is 21.8 Å². The van der Waals surface area contributed by atoms with Crippen molar-refractivity contribution in [2.45, 2.75) is 228 Å². The molecule has 7 heteroatoms. The normalized spacial score (nSPS) is 17.0. The first-order valence-electron chi connectivity index (χ1n) is 19.5. The summed E-state index contributed by atoms with van der Waals surface area (Å²) in [7, 11) is -6.15. The number of allylic oxidation sites excluding steroid dienone is 2. The van der Waals surface area contributed by atoms with E-state index in [0.29, 0.717) is 0 Å². The molecule has 0 rings (SSSR count). The van der Waals surface area contributed by atoms with E-state index in [0.717, 1.165) is 6.42 Å². The van der Waals surface area contributed by atoms with Crippen LogP contribution in [-0.2, 0) is 13.3 Å². The Balaban J connectivity index is 7.12. The van der Waals surface area contributed by atoms with E-state index in [-0.39, 0.29) is 33.4 Å². The molecule has 280 valence electrons. The molecular formula is C40H86O3Si3Sn. The topological polar surface area (TPSA) is 27.7 Å². The molecular weight excluding hydrogens is 731 g/mol. The minimum atomic E-state index is -2.42. The van der Waals surface area contributed by atoms with E-state index < -0.39 is 43.3 Å². The molecule has 3 atom stereocenters. The van der Waals surface area contributed by atoms with Gasteiger partial charge >= 0.3 is 306 Å². The van der Waals surface area contributed by atoms with Crippen LogP contribution >= 0.6 is 0 Å². The molecule has 0 spiro atoms. The van der Waals surface area contributed by atoms with Crippen molar-refractivity contribution in [1.82, 2.24) is 0 Å². The summed E-state index contributed by atoms with van der Waals surface area (Å²) in [5.74, 6) is 0. The fourth-order valence-electron chi connectivity index (χ4n) is 5.43. The molecule has 0 saturated carbocycles. The monoisotopic (exact) mass is 818 g/mol. The van der Waals surface area contributed by atoms with Gasteiger partial charge in [-0.2, -0.15) is 0 Å². The molecule has 0 unspecified atom stereocenters. The fraction of sp³-hybridized carbons (Fsp3) is 0.900. The molecule has 0 fully saturated rings. The molecule has 0 saturated heterocycles. The van der Waals surface area contributed by atoms with Gasteiger partial charge in [-0.3, -0.25) is 0 Å². The Morgan fingerprint density at radius 1 is 0.617 bits per heavy atom. The van der Waals surface area contributed by atoms with Crippen LogP contribution in [0.1, 0.15) is 142 Å². The van der Waals surface area contributed by atoms with Crippen molar-refractivity contribution >= 4 is 43.3 Å². The van der Waals surface area contributed by atoms with Gasteiger partial charge in [-0.15, -0.1) is 0 Å². The Labute approximate surface area is 304 Å². The number of rotatable bonds is 21. The van der Waals surface area contributed by atoms with Gasteiger partial charge < -0.3 is 0 Å². The molecule has 0 bridgehead atoms. The summed E-state index contributed by atoms with van der Waals surface area (Å²) in [4.78, 5) is 0. The first-order chi connectivity index (χ1) is 21.1. The molecule has 0 aliphatic rings. The Hall–Kier alpha value is 0.809. The second-order valence-electron chi connectivity index (χ2n) is 19.6. The van der Waals surface area contributed by atoms with E-state index in [1.807, 2.05) is 0 Å². The van der Waals surface area contributed by atoms with Gasteiger partial charge in [-0.25, -0.2) is 0 Å². The van der Waals surface area contributed by atoms with Crippen LogP contribution in [0.5, 0.6) is 0 Å². The van der Waals surface area contributed by atoms with Crippen molar-refractivity contribution < 1.29 is 13.3 Å². The average Bonchev–Trinajstić information content (AvgIpc) is 2.89. The summed E-state index contributed by atoms with van der Waals surface area (Å²) < 4.78 is 29.1. The third-order valence-electron chi connectivity index (χ3n) is 11.9. The fourth-order valence-corrected chi connectivity index (χ4v) is 23.9. The van der Waals surface area contributed by atoms with Crippen LogP contribution in [0.3, 0.4) is 0 Å². The third-order valence-corrected chi connectivity index (χ3v) is 39.6. The predicted molar refractivity (Wildman–Crippen MR) is 224 cm³/mol. The Kier molecular flexibility index (Phi) is 19.9. The summed E-state index contributed by atoms with van der Waals surface area (Å²) in [5, 5.41) is 0.390. The zero-order chi connectivity index (χ0) is 37.1. The second-order valence-corrected chi connectivity index (χ2v) is 46.9. The molecule has 0 aliphatic heterocycles. The average molecular weight is 818 g/mol. The molecule has 47 heavy (non-hydrogen) atoms. The van der Waals surface area contributed by atoms with Crippen molar-refractivity contribution in [2.24, 2.45) is 0 Å². The first kappa shape index (κ1) is 47.8. The van der Waals surface area contributed by atoms with Gasteiger partial charge in [0.15, 0.2) is 0 Å². The zero-order valence-electron chi connectivity index (χ0n) is 35.8. The number of unbranched alkanes of at least 4 members (excludes halogenated alkanes) is 3. The first-order valence-corrected chi connectivity index (χ1v) is 35.9. The zero-order valence-corrected chi connectivity index (χ0v) is 41.6. The minimum absolute atomic E-state index is 0.0540. The summed E-state index contributed by atoms with van der Waals surface area (Å²) in [6, 6.07) is 0. The Morgan fingerprint density at radius 3 is 1.34 bits per heavy atom. The molecule has 0 N–H and O–H groups in total. The van der Waals surface area contributed by atoms with Crippen LogP contribution in [0, 0.1) is 0 Å². The van der Waals surface area contributed by atoms with Gasteiger partial charge in [0.25, 0.3) is 0 Å². The van der Waals surface area contributed by atoms with Gasteiger partial charge in [0.2, 0.25) is 0 Å². The summed E-state index contributed by atoms with van der Waals surface area (Å²) >= 11 is -2.42. The Morgan fingerprint density at radius 2 is 0.979 bits per heavy atom. The quantitative estimate of drug-likeness (QED) is 0.0853. The van der Waals surface area contributed by atoms with E-state index in [4.69, 9.17) is 13.3 Å². The maximum atomic E-state index is 7.42. The Bertz CT molecular complexity index is 929. The van der Waals surface area contributed by atoms with Crippen LogP contribution < -0.4 is 0 Å². The van der Waals surface area contributed by atoms with Crippen LogP contribution in [0.4, 0.5) is 0 Å². The van der Waals surface area contributed by atoms with Crippen molar-refractivity contribution in [1.29, 1.82) is 0 Å². The maximum absolute atomic E-state index is 7.42. The van der Waals surface area contributed by atoms with E-state index >= 15 is 0 Å². The number of hydrogen-bond donors (Lipinski definition) is 0. The van der Waals surface area contributed by atoms with Crippen LogP contribution in [-0.4, -0.2) is 61.6 Å². The molecule has 0 aromatic carbocycles. The molecule has 0 amide bonds. The van der Waals surface area contributed by atoms with Crippen molar-refractivity contribution in [3.8, 4) is 0 Å². The summed E-state index contributed by atoms with van der Waals surface area (Å²) in [5.41, 5.74) is 1.35. The summed E-state index contributed by atoms with van der Waals surface area (Å²) in [6.45, 7) is 47.2.